The molecule has 0 radical (unpaired) electrons. The second kappa shape index (κ2) is 0.399. The molecule has 0 heterocycles. The summed E-state index contributed by atoms with van der Waals surface area (Å²) in [6.45, 7) is 2.13. The van der Waals surface area contributed by atoms with Gasteiger partial charge in [-0.2, -0.15) is 0 Å². The highest BCUT2D eigenvalue weighted by Gasteiger charge is 2.79. The first-order valence-corrected chi connectivity index (χ1v) is 2.39. The second-order valence-corrected chi connectivity index (χ2v) is 2.95. The van der Waals surface area contributed by atoms with E-state index in [0.29, 0.717) is 5.41 Å². The molecule has 34 valence electrons. The summed E-state index contributed by atoms with van der Waals surface area (Å²) >= 11 is 0. The molecule has 2 saturated carbocycles. The lowest BCUT2D eigenvalue weighted by Crippen LogP contribution is -1.85. The van der Waals surface area contributed by atoms with Gasteiger partial charge in [0.25, 0.3) is 0 Å². The summed E-state index contributed by atoms with van der Waals surface area (Å²) in [5.74, 6) is 0. The van der Waals surface area contributed by atoms with E-state index in [1.807, 2.05) is 0 Å². The summed E-state index contributed by atoms with van der Waals surface area (Å²) in [5, 5.41) is 8.97. The monoisotopic (exact) mass is 84.1 g/mol. The van der Waals surface area contributed by atoms with Crippen molar-refractivity contribution in [2.24, 2.45) is 5.41 Å². The minimum atomic E-state index is -0.146. The Morgan fingerprint density at radius 2 is 1.67 bits per heavy atom. The molecule has 0 aliphatic heterocycles. The molecular weight excluding hydrogens is 76.1 g/mol. The predicted molar refractivity (Wildman–Crippen MR) is 22.3 cm³/mol. The van der Waals surface area contributed by atoms with Gasteiger partial charge < -0.3 is 5.11 Å². The number of fused-ring (bicyclic) bond motifs is 1. The minimum absolute atomic E-state index is 0.146. The van der Waals surface area contributed by atoms with Crippen molar-refractivity contribution in [3.63, 3.8) is 0 Å². The topological polar surface area (TPSA) is 20.2 Å². The first-order valence-electron chi connectivity index (χ1n) is 2.39. The minimum Gasteiger partial charge on any atom is -0.389 e. The molecule has 0 spiro atoms. The maximum Gasteiger partial charge on any atom is 0.0715 e. The van der Waals surface area contributed by atoms with Crippen LogP contribution in [0.15, 0.2) is 0 Å². The van der Waals surface area contributed by atoms with Gasteiger partial charge in [-0.25, -0.2) is 0 Å². The summed E-state index contributed by atoms with van der Waals surface area (Å²) in [5.41, 5.74) is 0.264. The Kier molecular flexibility index (Phi) is 0.201. The SMILES string of the molecule is CC12CC1(O)C2. The fraction of sp³-hybridized carbons (Fsp3) is 1.00. The smallest absolute Gasteiger partial charge is 0.0715 e. The quantitative estimate of drug-likeness (QED) is 0.454. The zero-order valence-electron chi connectivity index (χ0n) is 3.86. The van der Waals surface area contributed by atoms with Crippen LogP contribution < -0.4 is 0 Å². The highest BCUT2D eigenvalue weighted by molar-refractivity contribution is 5.30. The third kappa shape index (κ3) is 0.121. The van der Waals surface area contributed by atoms with Crippen molar-refractivity contribution < 1.29 is 5.11 Å². The number of rotatable bonds is 0. The van der Waals surface area contributed by atoms with E-state index in [1.54, 1.807) is 0 Å². The van der Waals surface area contributed by atoms with Gasteiger partial charge in [-0.05, 0) is 12.8 Å². The van der Waals surface area contributed by atoms with Gasteiger partial charge >= 0.3 is 0 Å². The van der Waals surface area contributed by atoms with Gasteiger partial charge in [0.1, 0.15) is 0 Å². The van der Waals surface area contributed by atoms with Gasteiger partial charge in [0.15, 0.2) is 0 Å². The third-order valence-corrected chi connectivity index (χ3v) is 2.24. The summed E-state index contributed by atoms with van der Waals surface area (Å²) in [4.78, 5) is 0. The molecule has 0 aromatic carbocycles. The average molecular weight is 84.1 g/mol. The van der Waals surface area contributed by atoms with E-state index in [2.05, 4.69) is 6.92 Å². The van der Waals surface area contributed by atoms with Crippen LogP contribution in [0.3, 0.4) is 0 Å². The van der Waals surface area contributed by atoms with Crippen LogP contribution >= 0.6 is 0 Å². The molecule has 2 aliphatic rings. The molecular formula is C5H8O. The molecule has 0 aromatic heterocycles. The van der Waals surface area contributed by atoms with Crippen molar-refractivity contribution in [3.8, 4) is 0 Å². The summed E-state index contributed by atoms with van der Waals surface area (Å²) in [6, 6.07) is 0. The molecule has 0 saturated heterocycles. The Bertz CT molecular complexity index is 88.5. The lowest BCUT2D eigenvalue weighted by atomic mass is 10.3. The number of aliphatic hydroxyl groups is 1. The van der Waals surface area contributed by atoms with E-state index < -0.39 is 0 Å². The van der Waals surface area contributed by atoms with Crippen LogP contribution in [0, 0.1) is 5.41 Å². The van der Waals surface area contributed by atoms with E-state index in [0.717, 1.165) is 12.8 Å². The molecule has 0 unspecified atom stereocenters. The third-order valence-electron chi connectivity index (χ3n) is 2.24. The first kappa shape index (κ1) is 3.03. The molecule has 1 N–H and O–H groups in total. The van der Waals surface area contributed by atoms with Crippen molar-refractivity contribution in [2.45, 2.75) is 25.4 Å². The predicted octanol–water partition coefficient (Wildman–Crippen LogP) is 0.531. The molecule has 2 aliphatic carbocycles. The highest BCUT2D eigenvalue weighted by Crippen LogP contribution is 2.78. The van der Waals surface area contributed by atoms with Crippen molar-refractivity contribution in [2.75, 3.05) is 0 Å². The van der Waals surface area contributed by atoms with Gasteiger partial charge in [0.2, 0.25) is 0 Å². The molecule has 0 aromatic rings. The van der Waals surface area contributed by atoms with Gasteiger partial charge in [0.05, 0.1) is 5.60 Å². The number of hydrogen-bond donors (Lipinski definition) is 1. The van der Waals surface area contributed by atoms with Crippen LogP contribution in [0.1, 0.15) is 19.8 Å². The molecule has 1 nitrogen and oxygen atoms in total. The Balaban J connectivity index is 2.34. The Morgan fingerprint density at radius 1 is 1.50 bits per heavy atom. The first-order chi connectivity index (χ1) is 2.66. The maximum atomic E-state index is 8.97. The van der Waals surface area contributed by atoms with Crippen molar-refractivity contribution in [1.82, 2.24) is 0 Å². The lowest BCUT2D eigenvalue weighted by molar-refractivity contribution is 0.211. The van der Waals surface area contributed by atoms with Crippen LogP contribution in [-0.2, 0) is 0 Å². The van der Waals surface area contributed by atoms with Crippen molar-refractivity contribution in [1.29, 1.82) is 0 Å². The van der Waals surface area contributed by atoms with Gasteiger partial charge in [-0.15, -0.1) is 0 Å². The largest absolute Gasteiger partial charge is 0.389 e. The van der Waals surface area contributed by atoms with Crippen LogP contribution in [0.5, 0.6) is 0 Å². The van der Waals surface area contributed by atoms with Gasteiger partial charge in [0, 0.05) is 5.41 Å². The van der Waals surface area contributed by atoms with Crippen molar-refractivity contribution in [3.05, 3.63) is 0 Å². The molecule has 1 heteroatoms. The van der Waals surface area contributed by atoms with Gasteiger partial charge in [-0.3, -0.25) is 0 Å². The summed E-state index contributed by atoms with van der Waals surface area (Å²) < 4.78 is 0. The van der Waals surface area contributed by atoms with E-state index in [4.69, 9.17) is 5.11 Å². The molecule has 2 rings (SSSR count). The van der Waals surface area contributed by atoms with E-state index in [1.165, 1.54) is 0 Å². The van der Waals surface area contributed by atoms with E-state index >= 15 is 0 Å². The fourth-order valence-electron chi connectivity index (χ4n) is 1.15. The van der Waals surface area contributed by atoms with E-state index in [-0.39, 0.29) is 5.60 Å². The average Bonchev–Trinajstić information content (AvgIpc) is 1.78. The summed E-state index contributed by atoms with van der Waals surface area (Å²) in [6.07, 6.45) is 2.14. The molecule has 0 bridgehead atoms. The number of hydrogen-bond acceptors (Lipinski definition) is 1. The fourth-order valence-corrected chi connectivity index (χ4v) is 1.15. The zero-order valence-corrected chi connectivity index (χ0v) is 3.86. The Hall–Kier alpha value is -0.0400. The van der Waals surface area contributed by atoms with Crippen molar-refractivity contribution >= 4 is 0 Å². The Labute approximate surface area is 37.0 Å². The molecule has 0 atom stereocenters. The molecule has 6 heavy (non-hydrogen) atoms. The molecule has 2 fully saturated rings. The van der Waals surface area contributed by atoms with Crippen LogP contribution in [0.2, 0.25) is 0 Å². The molecule has 0 amide bonds. The lowest BCUT2D eigenvalue weighted by Gasteiger charge is -1.82. The standard InChI is InChI=1S/C5H8O/c1-4-2-5(4,6)3-4/h6H,2-3H2,1H3. The van der Waals surface area contributed by atoms with Crippen LogP contribution in [0.25, 0.3) is 0 Å². The Morgan fingerprint density at radius 3 is 1.67 bits per heavy atom. The van der Waals surface area contributed by atoms with Crippen LogP contribution in [0.4, 0.5) is 0 Å². The van der Waals surface area contributed by atoms with Crippen LogP contribution in [-0.4, -0.2) is 10.7 Å². The zero-order chi connectivity index (χ0) is 4.41. The maximum absolute atomic E-state index is 8.97. The van der Waals surface area contributed by atoms with E-state index in [9.17, 15) is 0 Å². The summed E-state index contributed by atoms with van der Waals surface area (Å²) in [7, 11) is 0. The second-order valence-electron chi connectivity index (χ2n) is 2.95. The highest BCUT2D eigenvalue weighted by atomic mass is 16.3. The normalized spacial score (nSPS) is 73.0. The van der Waals surface area contributed by atoms with Gasteiger partial charge in [-0.1, -0.05) is 6.92 Å².